The summed E-state index contributed by atoms with van der Waals surface area (Å²) in [5.41, 5.74) is 7.02. The van der Waals surface area contributed by atoms with Crippen molar-refractivity contribution in [1.82, 2.24) is 10.2 Å². The zero-order valence-corrected chi connectivity index (χ0v) is 14.7. The number of piperidine rings is 1. The highest BCUT2D eigenvalue weighted by Crippen LogP contribution is 2.19. The fourth-order valence-corrected chi connectivity index (χ4v) is 2.97. The molecule has 1 aromatic rings. The highest BCUT2D eigenvalue weighted by atomic mass is 16.5. The summed E-state index contributed by atoms with van der Waals surface area (Å²) in [6, 6.07) is 7.65. The Bertz CT molecular complexity index is 499. The summed E-state index contributed by atoms with van der Waals surface area (Å²) >= 11 is 0. The van der Waals surface area contributed by atoms with Gasteiger partial charge in [0, 0.05) is 20.2 Å². The monoisotopic (exact) mass is 335 g/mol. The second-order valence-electron chi connectivity index (χ2n) is 6.37. The van der Waals surface area contributed by atoms with Gasteiger partial charge in [0.25, 0.3) is 0 Å². The van der Waals surface area contributed by atoms with Crippen molar-refractivity contribution in [2.24, 2.45) is 11.7 Å². The van der Waals surface area contributed by atoms with Gasteiger partial charge in [0.1, 0.15) is 11.8 Å². The van der Waals surface area contributed by atoms with Crippen LogP contribution >= 0.6 is 0 Å². The van der Waals surface area contributed by atoms with E-state index in [1.54, 1.807) is 14.2 Å². The zero-order chi connectivity index (χ0) is 17.4. The second-order valence-corrected chi connectivity index (χ2v) is 6.37. The van der Waals surface area contributed by atoms with Gasteiger partial charge in [-0.3, -0.25) is 9.69 Å². The maximum absolute atomic E-state index is 11.8. The number of methoxy groups -OCH3 is 2. The molecule has 1 aliphatic rings. The molecule has 1 atom stereocenters. The summed E-state index contributed by atoms with van der Waals surface area (Å²) in [7, 11) is 3.23. The number of carbonyl (C=O) groups excluding carboxylic acids is 1. The molecule has 6 heteroatoms. The van der Waals surface area contributed by atoms with Crippen LogP contribution in [0.25, 0.3) is 0 Å². The average molecular weight is 335 g/mol. The first-order valence-electron chi connectivity index (χ1n) is 8.50. The van der Waals surface area contributed by atoms with E-state index in [9.17, 15) is 4.79 Å². The number of ether oxygens (including phenoxy) is 2. The van der Waals surface area contributed by atoms with Crippen molar-refractivity contribution in [2.75, 3.05) is 40.5 Å². The summed E-state index contributed by atoms with van der Waals surface area (Å²) in [4.78, 5) is 14.3. The Kier molecular flexibility index (Phi) is 7.49. The number of amides is 1. The lowest BCUT2D eigenvalue weighted by Gasteiger charge is -2.32. The van der Waals surface area contributed by atoms with Crippen molar-refractivity contribution < 1.29 is 14.3 Å². The molecule has 24 heavy (non-hydrogen) atoms. The van der Waals surface area contributed by atoms with Crippen LogP contribution in [0.4, 0.5) is 0 Å². The topological polar surface area (TPSA) is 76.8 Å². The van der Waals surface area contributed by atoms with E-state index in [1.165, 1.54) is 5.56 Å². The second kappa shape index (κ2) is 9.61. The van der Waals surface area contributed by atoms with Crippen LogP contribution in [0.5, 0.6) is 5.75 Å². The molecule has 0 aliphatic carbocycles. The minimum atomic E-state index is -0.579. The third-order valence-electron chi connectivity index (χ3n) is 4.52. The van der Waals surface area contributed by atoms with E-state index in [0.29, 0.717) is 12.5 Å². The Morgan fingerprint density at radius 1 is 1.29 bits per heavy atom. The van der Waals surface area contributed by atoms with Crippen LogP contribution in [0.15, 0.2) is 24.3 Å². The van der Waals surface area contributed by atoms with E-state index >= 15 is 0 Å². The Morgan fingerprint density at radius 3 is 2.54 bits per heavy atom. The fourth-order valence-electron chi connectivity index (χ4n) is 2.97. The highest BCUT2D eigenvalue weighted by Gasteiger charge is 2.21. The number of nitrogens with two attached hydrogens (primary N) is 1. The minimum absolute atomic E-state index is 0.127. The zero-order valence-electron chi connectivity index (χ0n) is 14.7. The lowest BCUT2D eigenvalue weighted by Crippen LogP contribution is -2.46. The normalized spacial score (nSPS) is 17.5. The van der Waals surface area contributed by atoms with Gasteiger partial charge in [0.05, 0.1) is 13.7 Å². The number of nitrogens with zero attached hydrogens (tertiary/aromatic N) is 1. The summed E-state index contributed by atoms with van der Waals surface area (Å²) in [5.74, 6) is 1.29. The van der Waals surface area contributed by atoms with Gasteiger partial charge >= 0.3 is 0 Å². The van der Waals surface area contributed by atoms with E-state index in [1.807, 2.05) is 12.1 Å². The van der Waals surface area contributed by atoms with E-state index in [2.05, 4.69) is 22.3 Å². The maximum Gasteiger partial charge on any atom is 0.239 e. The molecule has 0 spiro atoms. The van der Waals surface area contributed by atoms with Gasteiger partial charge < -0.3 is 20.5 Å². The minimum Gasteiger partial charge on any atom is -0.497 e. The van der Waals surface area contributed by atoms with Gasteiger partial charge in [0.15, 0.2) is 0 Å². The van der Waals surface area contributed by atoms with Crippen LogP contribution in [0.2, 0.25) is 0 Å². The molecule has 0 saturated carbocycles. The first-order chi connectivity index (χ1) is 11.6. The molecule has 2 rings (SSSR count). The molecule has 1 aromatic carbocycles. The maximum atomic E-state index is 11.8. The number of hydrogen-bond acceptors (Lipinski definition) is 5. The van der Waals surface area contributed by atoms with Gasteiger partial charge in [-0.05, 0) is 49.5 Å². The number of benzene rings is 1. The van der Waals surface area contributed by atoms with E-state index in [-0.39, 0.29) is 12.5 Å². The van der Waals surface area contributed by atoms with Crippen molar-refractivity contribution in [2.45, 2.75) is 25.4 Å². The molecule has 0 radical (unpaired) electrons. The molecule has 1 aliphatic heterocycles. The Labute approximate surface area is 144 Å². The first kappa shape index (κ1) is 18.7. The van der Waals surface area contributed by atoms with E-state index in [0.717, 1.165) is 38.2 Å². The van der Waals surface area contributed by atoms with Crippen molar-refractivity contribution in [3.63, 3.8) is 0 Å². The molecule has 1 saturated heterocycles. The van der Waals surface area contributed by atoms with Crippen LogP contribution in [-0.4, -0.2) is 57.3 Å². The van der Waals surface area contributed by atoms with Crippen LogP contribution in [0.1, 0.15) is 18.4 Å². The molecule has 1 heterocycles. The quantitative estimate of drug-likeness (QED) is 0.741. The number of likely N-dealkylation sites (tertiary alicyclic amines) is 1. The number of rotatable bonds is 8. The highest BCUT2D eigenvalue weighted by molar-refractivity contribution is 5.81. The molecule has 0 aromatic heterocycles. The van der Waals surface area contributed by atoms with Gasteiger partial charge in [-0.25, -0.2) is 0 Å². The van der Waals surface area contributed by atoms with Gasteiger partial charge in [-0.1, -0.05) is 12.1 Å². The molecule has 0 bridgehead atoms. The van der Waals surface area contributed by atoms with Crippen LogP contribution in [0, 0.1) is 5.92 Å². The van der Waals surface area contributed by atoms with Gasteiger partial charge in [0.2, 0.25) is 5.91 Å². The standard InChI is InChI=1S/C18H29N3O3/c1-23-13-17(19)18(22)20-11-14-7-9-21(10-8-14)12-15-3-5-16(24-2)6-4-15/h3-6,14,17H,7-13,19H2,1-2H3,(H,20,22). The Balaban J connectivity index is 1.68. The Morgan fingerprint density at radius 2 is 1.96 bits per heavy atom. The summed E-state index contributed by atoms with van der Waals surface area (Å²) in [6.07, 6.45) is 2.19. The Hall–Kier alpha value is -1.63. The smallest absolute Gasteiger partial charge is 0.239 e. The lowest BCUT2D eigenvalue weighted by molar-refractivity contribution is -0.123. The third kappa shape index (κ3) is 5.78. The van der Waals surface area contributed by atoms with E-state index in [4.69, 9.17) is 15.2 Å². The summed E-state index contributed by atoms with van der Waals surface area (Å²) in [6.45, 7) is 4.02. The van der Waals surface area contributed by atoms with E-state index < -0.39 is 6.04 Å². The first-order valence-corrected chi connectivity index (χ1v) is 8.50. The molecule has 3 N–H and O–H groups in total. The number of nitrogens with one attached hydrogen (secondary N) is 1. The largest absolute Gasteiger partial charge is 0.497 e. The molecular formula is C18H29N3O3. The van der Waals surface area contributed by atoms with Crippen molar-refractivity contribution >= 4 is 5.91 Å². The number of hydrogen-bond donors (Lipinski definition) is 2. The molecule has 6 nitrogen and oxygen atoms in total. The third-order valence-corrected chi connectivity index (χ3v) is 4.52. The van der Waals surface area contributed by atoms with Crippen molar-refractivity contribution in [3.05, 3.63) is 29.8 Å². The number of carbonyl (C=O) groups is 1. The fraction of sp³-hybridized carbons (Fsp3) is 0.611. The van der Waals surface area contributed by atoms with Gasteiger partial charge in [-0.15, -0.1) is 0 Å². The molecule has 1 amide bonds. The predicted octanol–water partition coefficient (Wildman–Crippen LogP) is 0.997. The average Bonchev–Trinajstić information content (AvgIpc) is 2.61. The summed E-state index contributed by atoms with van der Waals surface area (Å²) in [5, 5.41) is 2.94. The van der Waals surface area contributed by atoms with Crippen molar-refractivity contribution in [1.29, 1.82) is 0 Å². The molecule has 1 fully saturated rings. The molecule has 134 valence electrons. The molecular weight excluding hydrogens is 306 g/mol. The SMILES string of the molecule is COCC(N)C(=O)NCC1CCN(Cc2ccc(OC)cc2)CC1. The lowest BCUT2D eigenvalue weighted by atomic mass is 9.96. The van der Waals surface area contributed by atoms with Crippen LogP contribution in [0.3, 0.4) is 0 Å². The van der Waals surface area contributed by atoms with Crippen LogP contribution < -0.4 is 15.8 Å². The molecule has 1 unspecified atom stereocenters. The predicted molar refractivity (Wildman–Crippen MR) is 93.9 cm³/mol. The van der Waals surface area contributed by atoms with Crippen LogP contribution in [-0.2, 0) is 16.1 Å². The van der Waals surface area contributed by atoms with Crippen molar-refractivity contribution in [3.8, 4) is 5.75 Å². The van der Waals surface area contributed by atoms with Gasteiger partial charge in [-0.2, -0.15) is 0 Å². The summed E-state index contributed by atoms with van der Waals surface area (Å²) < 4.78 is 10.1.